The maximum atomic E-state index is 2.51. The molecule has 0 saturated heterocycles. The smallest absolute Gasteiger partial charge is 0.0525 e. The molecule has 2 aromatic rings. The van der Waals surface area contributed by atoms with E-state index >= 15 is 0 Å². The van der Waals surface area contributed by atoms with Gasteiger partial charge in [0.25, 0.3) is 0 Å². The topological polar surface area (TPSA) is 4.41 Å². The molecule has 0 bridgehead atoms. The van der Waals surface area contributed by atoms with E-state index < -0.39 is 0 Å². The molecular formula is C20H31N. The molecule has 0 unspecified atom stereocenters. The molecule has 0 aliphatic carbocycles. The van der Waals surface area contributed by atoms with Crippen molar-refractivity contribution in [1.82, 2.24) is 4.40 Å². The van der Waals surface area contributed by atoms with Gasteiger partial charge in [-0.15, -0.1) is 0 Å². The molecule has 1 nitrogen and oxygen atoms in total. The molecule has 0 aromatic carbocycles. The second-order valence-corrected chi connectivity index (χ2v) is 8.59. The molecule has 1 heteroatoms. The van der Waals surface area contributed by atoms with Gasteiger partial charge in [0, 0.05) is 16.8 Å². The van der Waals surface area contributed by atoms with Crippen molar-refractivity contribution in [2.75, 3.05) is 0 Å². The Hall–Kier alpha value is -1.24. The fourth-order valence-corrected chi connectivity index (χ4v) is 3.25. The van der Waals surface area contributed by atoms with Crippen LogP contribution < -0.4 is 0 Å². The van der Waals surface area contributed by atoms with Crippen LogP contribution >= 0.6 is 0 Å². The summed E-state index contributed by atoms with van der Waals surface area (Å²) in [5.41, 5.74) is 10.3. The summed E-state index contributed by atoms with van der Waals surface area (Å²) in [4.78, 5) is 0. The Labute approximate surface area is 130 Å². The summed E-state index contributed by atoms with van der Waals surface area (Å²) >= 11 is 0. The van der Waals surface area contributed by atoms with Gasteiger partial charge in [-0.1, -0.05) is 41.5 Å². The van der Waals surface area contributed by atoms with E-state index in [2.05, 4.69) is 79.7 Å². The van der Waals surface area contributed by atoms with Crippen LogP contribution in [-0.4, -0.2) is 4.40 Å². The number of aromatic nitrogens is 1. The minimum Gasteiger partial charge on any atom is -0.317 e. The second-order valence-electron chi connectivity index (χ2n) is 8.59. The third-order valence-electron chi connectivity index (χ3n) is 4.94. The number of nitrogens with zero attached hydrogens (tertiary/aromatic N) is 1. The molecule has 0 spiro atoms. The second kappa shape index (κ2) is 4.63. The van der Waals surface area contributed by atoms with Crippen molar-refractivity contribution in [3.05, 3.63) is 39.7 Å². The summed E-state index contributed by atoms with van der Waals surface area (Å²) in [5.74, 6) is 0. The van der Waals surface area contributed by atoms with Gasteiger partial charge in [-0.3, -0.25) is 0 Å². The van der Waals surface area contributed by atoms with Crippen molar-refractivity contribution >= 4 is 5.52 Å². The van der Waals surface area contributed by atoms with Crippen molar-refractivity contribution in [3.63, 3.8) is 0 Å². The largest absolute Gasteiger partial charge is 0.317 e. The Morgan fingerprint density at radius 2 is 1.24 bits per heavy atom. The fourth-order valence-electron chi connectivity index (χ4n) is 3.25. The van der Waals surface area contributed by atoms with E-state index in [-0.39, 0.29) is 10.8 Å². The number of aryl methyl sites for hydroxylation is 2. The van der Waals surface area contributed by atoms with Crippen molar-refractivity contribution in [2.45, 2.75) is 80.1 Å². The molecule has 0 N–H and O–H groups in total. The van der Waals surface area contributed by atoms with E-state index in [0.717, 1.165) is 0 Å². The summed E-state index contributed by atoms with van der Waals surface area (Å²) < 4.78 is 2.51. The quantitative estimate of drug-likeness (QED) is 0.579. The average molecular weight is 285 g/mol. The lowest BCUT2D eigenvalue weighted by Gasteiger charge is -2.23. The predicted molar refractivity (Wildman–Crippen MR) is 93.7 cm³/mol. The number of fused-ring (bicyclic) bond motifs is 1. The summed E-state index contributed by atoms with van der Waals surface area (Å²) in [6, 6.07) is 2.44. The molecule has 0 amide bonds. The molecular weight excluding hydrogens is 254 g/mol. The maximum absolute atomic E-state index is 2.51. The summed E-state index contributed by atoms with van der Waals surface area (Å²) in [5, 5.41) is 0. The first kappa shape index (κ1) is 16.1. The standard InChI is InChI=1S/C20H31N/c1-12-13(2)15(4)21-17(20(8,9)10)11-16(19(5,6)7)18(21)14(12)3/h11H,1-10H3. The van der Waals surface area contributed by atoms with Crippen LogP contribution in [0.2, 0.25) is 0 Å². The van der Waals surface area contributed by atoms with Crippen LogP contribution in [0.1, 0.15) is 75.2 Å². The molecule has 0 fully saturated rings. The average Bonchev–Trinajstić information content (AvgIpc) is 2.73. The summed E-state index contributed by atoms with van der Waals surface area (Å²) in [7, 11) is 0. The molecule has 2 heterocycles. The fraction of sp³-hybridized carbons (Fsp3) is 0.600. The van der Waals surface area contributed by atoms with E-state index in [1.54, 1.807) is 0 Å². The lowest BCUT2D eigenvalue weighted by molar-refractivity contribution is 0.559. The first-order valence-corrected chi connectivity index (χ1v) is 8.00. The minimum absolute atomic E-state index is 0.144. The van der Waals surface area contributed by atoms with Crippen molar-refractivity contribution in [3.8, 4) is 0 Å². The Morgan fingerprint density at radius 1 is 0.714 bits per heavy atom. The normalized spacial score (nSPS) is 13.2. The monoisotopic (exact) mass is 285 g/mol. The van der Waals surface area contributed by atoms with Gasteiger partial charge in [0.1, 0.15) is 0 Å². The Balaban J connectivity index is 3.11. The molecule has 0 aliphatic rings. The zero-order valence-electron chi connectivity index (χ0n) is 15.5. The third-order valence-corrected chi connectivity index (χ3v) is 4.94. The molecule has 2 aromatic heterocycles. The molecule has 0 atom stereocenters. The third kappa shape index (κ3) is 2.41. The highest BCUT2D eigenvalue weighted by atomic mass is 14.9. The maximum Gasteiger partial charge on any atom is 0.0525 e. The van der Waals surface area contributed by atoms with Crippen molar-refractivity contribution in [1.29, 1.82) is 0 Å². The van der Waals surface area contributed by atoms with Crippen LogP contribution in [0.5, 0.6) is 0 Å². The highest BCUT2D eigenvalue weighted by Gasteiger charge is 2.28. The Morgan fingerprint density at radius 3 is 1.67 bits per heavy atom. The molecule has 0 radical (unpaired) electrons. The summed E-state index contributed by atoms with van der Waals surface area (Å²) in [6.45, 7) is 22.9. The van der Waals surface area contributed by atoms with Gasteiger partial charge in [0.15, 0.2) is 0 Å². The van der Waals surface area contributed by atoms with Crippen LogP contribution in [0.15, 0.2) is 6.07 Å². The zero-order chi connectivity index (χ0) is 16.3. The Bertz CT molecular complexity index is 640. The first-order chi connectivity index (χ1) is 9.37. The number of rotatable bonds is 0. The zero-order valence-corrected chi connectivity index (χ0v) is 15.5. The van der Waals surface area contributed by atoms with E-state index in [1.807, 2.05) is 0 Å². The van der Waals surface area contributed by atoms with Crippen molar-refractivity contribution in [2.24, 2.45) is 0 Å². The number of pyridine rings is 1. The highest BCUT2D eigenvalue weighted by molar-refractivity contribution is 5.70. The van der Waals surface area contributed by atoms with Crippen LogP contribution in [-0.2, 0) is 10.8 Å². The van der Waals surface area contributed by atoms with Gasteiger partial charge in [-0.2, -0.15) is 0 Å². The van der Waals surface area contributed by atoms with Gasteiger partial charge < -0.3 is 4.40 Å². The van der Waals surface area contributed by atoms with Crippen LogP contribution in [0.3, 0.4) is 0 Å². The first-order valence-electron chi connectivity index (χ1n) is 8.00. The number of hydrogen-bond donors (Lipinski definition) is 0. The van der Waals surface area contributed by atoms with E-state index in [1.165, 1.54) is 39.2 Å². The number of hydrogen-bond acceptors (Lipinski definition) is 0. The van der Waals surface area contributed by atoms with Gasteiger partial charge in [0.2, 0.25) is 0 Å². The van der Waals surface area contributed by atoms with E-state index in [0.29, 0.717) is 0 Å². The van der Waals surface area contributed by atoms with Crippen LogP contribution in [0, 0.1) is 27.7 Å². The van der Waals surface area contributed by atoms with E-state index in [9.17, 15) is 0 Å². The molecule has 21 heavy (non-hydrogen) atoms. The Kier molecular flexibility index (Phi) is 3.56. The minimum atomic E-state index is 0.144. The molecule has 0 saturated carbocycles. The van der Waals surface area contributed by atoms with Crippen LogP contribution in [0.4, 0.5) is 0 Å². The predicted octanol–water partition coefficient (Wildman–Crippen LogP) is 5.77. The summed E-state index contributed by atoms with van der Waals surface area (Å²) in [6.07, 6.45) is 0. The SMILES string of the molecule is Cc1c(C)c(C)n2c(C(C)(C)C)cc(C(C)(C)C)c2c1C. The lowest BCUT2D eigenvalue weighted by Crippen LogP contribution is -2.16. The lowest BCUT2D eigenvalue weighted by atomic mass is 9.85. The van der Waals surface area contributed by atoms with Gasteiger partial charge >= 0.3 is 0 Å². The molecule has 2 rings (SSSR count). The van der Waals surface area contributed by atoms with Gasteiger partial charge in [-0.25, -0.2) is 0 Å². The highest BCUT2D eigenvalue weighted by Crippen LogP contribution is 2.38. The van der Waals surface area contributed by atoms with E-state index in [4.69, 9.17) is 0 Å². The van der Waals surface area contributed by atoms with Crippen LogP contribution in [0.25, 0.3) is 5.52 Å². The van der Waals surface area contributed by atoms with Crippen molar-refractivity contribution < 1.29 is 0 Å². The molecule has 116 valence electrons. The van der Waals surface area contributed by atoms with Gasteiger partial charge in [-0.05, 0) is 61.4 Å². The van der Waals surface area contributed by atoms with Gasteiger partial charge in [0.05, 0.1) is 5.52 Å². The molecule has 0 aliphatic heterocycles.